The lowest BCUT2D eigenvalue weighted by Gasteiger charge is -2.09. The first kappa shape index (κ1) is 12.2. The largest absolute Gasteiger partial charge is 0.351 e. The van der Waals surface area contributed by atoms with Gasteiger partial charge in [0.25, 0.3) is 5.91 Å². The molecule has 1 amide bonds. The van der Waals surface area contributed by atoms with E-state index < -0.39 is 0 Å². The molecule has 1 heterocycles. The van der Waals surface area contributed by atoms with Gasteiger partial charge in [-0.25, -0.2) is 0 Å². The first-order chi connectivity index (χ1) is 7.65. The van der Waals surface area contributed by atoms with Crippen molar-refractivity contribution in [2.45, 2.75) is 24.6 Å². The molecule has 1 aromatic rings. The van der Waals surface area contributed by atoms with Crippen molar-refractivity contribution in [3.05, 3.63) is 21.3 Å². The molecule has 1 aliphatic carbocycles. The second-order valence-corrected chi connectivity index (χ2v) is 6.42. The highest BCUT2D eigenvalue weighted by Gasteiger charge is 2.23. The molecule has 1 aromatic heterocycles. The molecule has 0 aliphatic heterocycles. The Balaban J connectivity index is 1.80. The Morgan fingerprint density at radius 3 is 2.88 bits per heavy atom. The average molecular weight is 278 g/mol. The number of carbonyl (C=O) groups is 1. The van der Waals surface area contributed by atoms with Crippen LogP contribution in [0.4, 0.5) is 0 Å². The van der Waals surface area contributed by atoms with Crippen LogP contribution in [0.15, 0.2) is 12.1 Å². The third kappa shape index (κ3) is 3.12. The van der Waals surface area contributed by atoms with E-state index in [0.29, 0.717) is 15.1 Å². The summed E-state index contributed by atoms with van der Waals surface area (Å²) in [6.45, 7) is 0.720. The molecule has 2 nitrogen and oxygen atoms in total. The SMILES string of the molecule is O=C(NCC1CCC(Cl)C1)c1ccc(Cl)s1. The molecule has 1 aliphatic rings. The minimum atomic E-state index is -0.0325. The maximum atomic E-state index is 11.7. The Kier molecular flexibility index (Phi) is 4.11. The standard InChI is InChI=1S/C11H13Cl2NOS/c12-8-2-1-7(5-8)6-14-11(15)9-3-4-10(13)16-9/h3-4,7-8H,1-2,5-6H2,(H,14,15). The number of rotatable bonds is 3. The van der Waals surface area contributed by atoms with E-state index in [4.69, 9.17) is 23.2 Å². The van der Waals surface area contributed by atoms with Crippen LogP contribution in [-0.4, -0.2) is 17.8 Å². The van der Waals surface area contributed by atoms with E-state index in [1.54, 1.807) is 12.1 Å². The molecule has 0 radical (unpaired) electrons. The Morgan fingerprint density at radius 2 is 2.31 bits per heavy atom. The summed E-state index contributed by atoms with van der Waals surface area (Å²) in [4.78, 5) is 12.4. The van der Waals surface area contributed by atoms with Gasteiger partial charge in [0.05, 0.1) is 9.21 Å². The number of nitrogens with one attached hydrogen (secondary N) is 1. The zero-order chi connectivity index (χ0) is 11.5. The van der Waals surface area contributed by atoms with Crippen molar-refractivity contribution in [2.24, 2.45) is 5.92 Å². The molecular weight excluding hydrogens is 265 g/mol. The van der Waals surface area contributed by atoms with Gasteiger partial charge in [0.15, 0.2) is 0 Å². The zero-order valence-electron chi connectivity index (χ0n) is 8.71. The number of alkyl halides is 1. The minimum absolute atomic E-state index is 0.0325. The summed E-state index contributed by atoms with van der Waals surface area (Å²) >= 11 is 13.1. The Morgan fingerprint density at radius 1 is 1.50 bits per heavy atom. The van der Waals surface area contributed by atoms with Gasteiger partial charge in [-0.3, -0.25) is 4.79 Å². The van der Waals surface area contributed by atoms with E-state index in [9.17, 15) is 4.79 Å². The molecule has 0 aromatic carbocycles. The van der Waals surface area contributed by atoms with E-state index in [2.05, 4.69) is 5.32 Å². The zero-order valence-corrected chi connectivity index (χ0v) is 11.0. The average Bonchev–Trinajstić information content (AvgIpc) is 2.84. The first-order valence-electron chi connectivity index (χ1n) is 5.33. The van der Waals surface area contributed by atoms with Crippen molar-refractivity contribution < 1.29 is 4.79 Å². The highest BCUT2D eigenvalue weighted by atomic mass is 35.5. The predicted octanol–water partition coefficient (Wildman–Crippen LogP) is 3.54. The highest BCUT2D eigenvalue weighted by Crippen LogP contribution is 2.29. The summed E-state index contributed by atoms with van der Waals surface area (Å²) in [5, 5.41) is 3.22. The van der Waals surface area contributed by atoms with E-state index in [-0.39, 0.29) is 11.3 Å². The minimum Gasteiger partial charge on any atom is -0.351 e. The smallest absolute Gasteiger partial charge is 0.261 e. The molecule has 2 unspecified atom stereocenters. The molecule has 0 bridgehead atoms. The second kappa shape index (κ2) is 5.39. The van der Waals surface area contributed by atoms with Gasteiger partial charge in [0.1, 0.15) is 0 Å². The van der Waals surface area contributed by atoms with Crippen molar-refractivity contribution in [2.75, 3.05) is 6.54 Å². The third-order valence-corrected chi connectivity index (χ3v) is 4.45. The fraction of sp³-hybridized carbons (Fsp3) is 0.545. The van der Waals surface area contributed by atoms with Gasteiger partial charge >= 0.3 is 0 Å². The van der Waals surface area contributed by atoms with Crippen LogP contribution in [-0.2, 0) is 0 Å². The molecule has 0 spiro atoms. The first-order valence-corrected chi connectivity index (χ1v) is 6.96. The predicted molar refractivity (Wildman–Crippen MR) is 68.6 cm³/mol. The van der Waals surface area contributed by atoms with Crippen molar-refractivity contribution >= 4 is 40.4 Å². The van der Waals surface area contributed by atoms with Gasteiger partial charge in [0, 0.05) is 11.9 Å². The maximum absolute atomic E-state index is 11.7. The van der Waals surface area contributed by atoms with E-state index >= 15 is 0 Å². The summed E-state index contributed by atoms with van der Waals surface area (Å²) < 4.78 is 0.645. The normalized spacial score (nSPS) is 24.6. The van der Waals surface area contributed by atoms with Gasteiger partial charge in [-0.2, -0.15) is 0 Å². The van der Waals surface area contributed by atoms with Crippen LogP contribution in [0.5, 0.6) is 0 Å². The summed E-state index contributed by atoms with van der Waals surface area (Å²) in [7, 11) is 0. The lowest BCUT2D eigenvalue weighted by Crippen LogP contribution is -2.27. The van der Waals surface area contributed by atoms with Crippen LogP contribution in [0.25, 0.3) is 0 Å². The molecule has 0 saturated heterocycles. The van der Waals surface area contributed by atoms with Crippen LogP contribution in [0, 0.1) is 5.92 Å². The molecule has 16 heavy (non-hydrogen) atoms. The Bertz CT molecular complexity index is 380. The molecule has 88 valence electrons. The lowest BCUT2D eigenvalue weighted by atomic mass is 10.1. The quantitative estimate of drug-likeness (QED) is 0.842. The number of carbonyl (C=O) groups excluding carboxylic acids is 1. The number of thiophene rings is 1. The van der Waals surface area contributed by atoms with Gasteiger partial charge in [-0.1, -0.05) is 11.6 Å². The Labute approximate surface area is 109 Å². The van der Waals surface area contributed by atoms with Crippen molar-refractivity contribution in [1.82, 2.24) is 5.32 Å². The van der Waals surface area contributed by atoms with Crippen LogP contribution >= 0.6 is 34.5 Å². The molecule has 2 rings (SSSR count). The van der Waals surface area contributed by atoms with Gasteiger partial charge in [-0.15, -0.1) is 22.9 Å². The number of hydrogen-bond donors (Lipinski definition) is 1. The van der Waals surface area contributed by atoms with E-state index in [1.807, 2.05) is 0 Å². The van der Waals surface area contributed by atoms with Gasteiger partial charge in [-0.05, 0) is 37.3 Å². The summed E-state index contributed by atoms with van der Waals surface area (Å²) in [6, 6.07) is 3.49. The lowest BCUT2D eigenvalue weighted by molar-refractivity contribution is 0.0951. The third-order valence-electron chi connectivity index (χ3n) is 2.83. The van der Waals surface area contributed by atoms with Crippen molar-refractivity contribution in [3.63, 3.8) is 0 Å². The molecule has 1 fully saturated rings. The van der Waals surface area contributed by atoms with Gasteiger partial charge < -0.3 is 5.32 Å². The maximum Gasteiger partial charge on any atom is 0.261 e. The molecule has 5 heteroatoms. The number of halogens is 2. The van der Waals surface area contributed by atoms with Crippen LogP contribution in [0.2, 0.25) is 4.34 Å². The monoisotopic (exact) mass is 277 g/mol. The van der Waals surface area contributed by atoms with Crippen LogP contribution < -0.4 is 5.32 Å². The van der Waals surface area contributed by atoms with E-state index in [0.717, 1.165) is 25.8 Å². The fourth-order valence-electron chi connectivity index (χ4n) is 1.96. The topological polar surface area (TPSA) is 29.1 Å². The summed E-state index contributed by atoms with van der Waals surface area (Å²) in [6.07, 6.45) is 3.18. The molecule has 1 N–H and O–H groups in total. The molecule has 1 saturated carbocycles. The van der Waals surface area contributed by atoms with Gasteiger partial charge in [0.2, 0.25) is 0 Å². The van der Waals surface area contributed by atoms with Crippen LogP contribution in [0.1, 0.15) is 28.9 Å². The number of hydrogen-bond acceptors (Lipinski definition) is 2. The molecule has 2 atom stereocenters. The fourth-order valence-corrected chi connectivity index (χ4v) is 3.30. The summed E-state index contributed by atoms with van der Waals surface area (Å²) in [5.41, 5.74) is 0. The van der Waals surface area contributed by atoms with Crippen molar-refractivity contribution in [3.8, 4) is 0 Å². The van der Waals surface area contributed by atoms with Crippen molar-refractivity contribution in [1.29, 1.82) is 0 Å². The molecular formula is C11H13Cl2NOS. The number of amides is 1. The van der Waals surface area contributed by atoms with Crippen LogP contribution in [0.3, 0.4) is 0 Å². The highest BCUT2D eigenvalue weighted by molar-refractivity contribution is 7.17. The summed E-state index contributed by atoms with van der Waals surface area (Å²) in [5.74, 6) is 0.497. The second-order valence-electron chi connectivity index (χ2n) is 4.09. The Hall–Kier alpha value is -0.250. The van der Waals surface area contributed by atoms with E-state index in [1.165, 1.54) is 11.3 Å².